The Morgan fingerprint density at radius 3 is 2.61 bits per heavy atom. The van der Waals surface area contributed by atoms with E-state index in [2.05, 4.69) is 24.1 Å². The fourth-order valence-electron chi connectivity index (χ4n) is 2.74. The monoisotopic (exact) mass is 256 g/mol. The molecule has 3 nitrogen and oxygen atoms in total. The van der Waals surface area contributed by atoms with Crippen molar-refractivity contribution in [3.05, 3.63) is 0 Å². The quantitative estimate of drug-likeness (QED) is 0.642. The highest BCUT2D eigenvalue weighted by molar-refractivity contribution is 4.77. The highest BCUT2D eigenvalue weighted by atomic mass is 16.5. The Hall–Kier alpha value is -0.120. The van der Waals surface area contributed by atoms with Gasteiger partial charge in [0, 0.05) is 26.3 Å². The van der Waals surface area contributed by atoms with Crippen molar-refractivity contribution < 1.29 is 4.74 Å². The van der Waals surface area contributed by atoms with Crippen molar-refractivity contribution in [2.24, 2.45) is 5.92 Å². The fourth-order valence-corrected chi connectivity index (χ4v) is 2.74. The van der Waals surface area contributed by atoms with Gasteiger partial charge < -0.3 is 10.1 Å². The van der Waals surface area contributed by atoms with Gasteiger partial charge in [-0.25, -0.2) is 0 Å². The molecule has 0 amide bonds. The molecule has 18 heavy (non-hydrogen) atoms. The second kappa shape index (κ2) is 9.76. The molecule has 0 aliphatic carbocycles. The summed E-state index contributed by atoms with van der Waals surface area (Å²) in [6.07, 6.45) is 6.58. The lowest BCUT2D eigenvalue weighted by atomic mass is 9.97. The van der Waals surface area contributed by atoms with Gasteiger partial charge in [0.1, 0.15) is 0 Å². The van der Waals surface area contributed by atoms with E-state index in [-0.39, 0.29) is 0 Å². The molecule has 1 aliphatic heterocycles. The summed E-state index contributed by atoms with van der Waals surface area (Å²) in [6, 6.07) is 0.676. The molecule has 1 rings (SSSR count). The summed E-state index contributed by atoms with van der Waals surface area (Å²) in [6.45, 7) is 10.3. The summed E-state index contributed by atoms with van der Waals surface area (Å²) in [5, 5.41) is 3.59. The number of hydrogen-bond acceptors (Lipinski definition) is 3. The molecule has 0 saturated carbocycles. The summed E-state index contributed by atoms with van der Waals surface area (Å²) in [7, 11) is 1.81. The summed E-state index contributed by atoms with van der Waals surface area (Å²) in [5.74, 6) is 0.788. The number of likely N-dealkylation sites (tertiary alicyclic amines) is 1. The predicted molar refractivity (Wildman–Crippen MR) is 78.0 cm³/mol. The van der Waals surface area contributed by atoms with Gasteiger partial charge in [0.15, 0.2) is 0 Å². The zero-order valence-corrected chi connectivity index (χ0v) is 12.6. The van der Waals surface area contributed by atoms with Crippen molar-refractivity contribution in [1.29, 1.82) is 0 Å². The lowest BCUT2D eigenvalue weighted by Gasteiger charge is -2.36. The van der Waals surface area contributed by atoms with Gasteiger partial charge in [-0.15, -0.1) is 0 Å². The Bertz CT molecular complexity index is 191. The van der Waals surface area contributed by atoms with Gasteiger partial charge in [-0.3, -0.25) is 4.90 Å². The molecule has 0 aromatic heterocycles. The first-order valence-electron chi connectivity index (χ1n) is 7.71. The van der Waals surface area contributed by atoms with Crippen LogP contribution in [0, 0.1) is 5.92 Å². The average molecular weight is 256 g/mol. The van der Waals surface area contributed by atoms with Crippen LogP contribution in [0.3, 0.4) is 0 Å². The second-order valence-electron chi connectivity index (χ2n) is 5.69. The van der Waals surface area contributed by atoms with E-state index in [1.165, 1.54) is 51.7 Å². The topological polar surface area (TPSA) is 24.5 Å². The van der Waals surface area contributed by atoms with Crippen LogP contribution in [0.15, 0.2) is 0 Å². The number of nitrogens with zero attached hydrogens (tertiary/aromatic N) is 1. The first-order chi connectivity index (χ1) is 8.77. The number of unbranched alkanes of at least 4 members (excludes halogenated alkanes) is 2. The van der Waals surface area contributed by atoms with Crippen LogP contribution in [-0.4, -0.2) is 50.8 Å². The Balaban J connectivity index is 2.06. The number of nitrogens with one attached hydrogen (secondary N) is 1. The Kier molecular flexibility index (Phi) is 8.64. The smallest absolute Gasteiger partial charge is 0.0491 e. The zero-order chi connectivity index (χ0) is 13.2. The van der Waals surface area contributed by atoms with Crippen molar-refractivity contribution in [1.82, 2.24) is 10.2 Å². The zero-order valence-electron chi connectivity index (χ0n) is 12.6. The SMILES string of the molecule is CCCCCNCC(C)N1CCC(COC)CC1. The molecule has 1 aliphatic rings. The van der Waals surface area contributed by atoms with Crippen LogP contribution in [0.25, 0.3) is 0 Å². The normalized spacial score (nSPS) is 20.2. The van der Waals surface area contributed by atoms with Gasteiger partial charge in [0.25, 0.3) is 0 Å². The molecule has 1 atom stereocenters. The van der Waals surface area contributed by atoms with Gasteiger partial charge in [-0.2, -0.15) is 0 Å². The van der Waals surface area contributed by atoms with E-state index in [9.17, 15) is 0 Å². The first-order valence-corrected chi connectivity index (χ1v) is 7.71. The molecule has 108 valence electrons. The third-order valence-corrected chi connectivity index (χ3v) is 4.07. The van der Waals surface area contributed by atoms with Crippen molar-refractivity contribution in [2.45, 2.75) is 52.0 Å². The minimum absolute atomic E-state index is 0.676. The lowest BCUT2D eigenvalue weighted by Crippen LogP contribution is -2.45. The lowest BCUT2D eigenvalue weighted by molar-refractivity contribution is 0.0832. The molecule has 0 radical (unpaired) electrons. The van der Waals surface area contributed by atoms with E-state index >= 15 is 0 Å². The molecule has 3 heteroatoms. The number of methoxy groups -OCH3 is 1. The Morgan fingerprint density at radius 2 is 2.00 bits per heavy atom. The Morgan fingerprint density at radius 1 is 1.28 bits per heavy atom. The largest absolute Gasteiger partial charge is 0.384 e. The maximum absolute atomic E-state index is 5.25. The van der Waals surface area contributed by atoms with Gasteiger partial charge >= 0.3 is 0 Å². The molecule has 1 N–H and O–H groups in total. The second-order valence-corrected chi connectivity index (χ2v) is 5.69. The number of rotatable bonds is 9. The number of ether oxygens (including phenoxy) is 1. The van der Waals surface area contributed by atoms with E-state index in [0.717, 1.165) is 19.1 Å². The molecular weight excluding hydrogens is 224 g/mol. The minimum Gasteiger partial charge on any atom is -0.384 e. The van der Waals surface area contributed by atoms with Gasteiger partial charge in [0.05, 0.1) is 0 Å². The average Bonchev–Trinajstić information content (AvgIpc) is 2.39. The minimum atomic E-state index is 0.676. The van der Waals surface area contributed by atoms with Crippen LogP contribution in [0.2, 0.25) is 0 Å². The van der Waals surface area contributed by atoms with Crippen LogP contribution in [0.1, 0.15) is 46.0 Å². The van der Waals surface area contributed by atoms with Gasteiger partial charge in [-0.05, 0) is 51.7 Å². The van der Waals surface area contributed by atoms with E-state index in [1.807, 2.05) is 7.11 Å². The van der Waals surface area contributed by atoms with Gasteiger partial charge in [-0.1, -0.05) is 19.8 Å². The van der Waals surface area contributed by atoms with Crippen LogP contribution in [0.5, 0.6) is 0 Å². The van der Waals surface area contributed by atoms with Gasteiger partial charge in [0.2, 0.25) is 0 Å². The fraction of sp³-hybridized carbons (Fsp3) is 1.00. The predicted octanol–water partition coefficient (Wildman–Crippen LogP) is 2.51. The molecule has 1 unspecified atom stereocenters. The highest BCUT2D eigenvalue weighted by Crippen LogP contribution is 2.18. The molecule has 1 fully saturated rings. The first kappa shape index (κ1) is 15.9. The third kappa shape index (κ3) is 6.17. The third-order valence-electron chi connectivity index (χ3n) is 4.07. The Labute approximate surface area is 113 Å². The molecule has 0 spiro atoms. The molecule has 0 aromatic carbocycles. The van der Waals surface area contributed by atoms with Crippen LogP contribution < -0.4 is 5.32 Å². The standard InChI is InChI=1S/C15H32N2O/c1-4-5-6-9-16-12-14(2)17-10-7-15(8-11-17)13-18-3/h14-16H,4-13H2,1-3H3. The number of piperidine rings is 1. The maximum atomic E-state index is 5.25. The summed E-state index contributed by atoms with van der Waals surface area (Å²) < 4.78 is 5.25. The van der Waals surface area contributed by atoms with Crippen LogP contribution >= 0.6 is 0 Å². The van der Waals surface area contributed by atoms with Crippen molar-refractivity contribution in [2.75, 3.05) is 39.9 Å². The maximum Gasteiger partial charge on any atom is 0.0491 e. The number of hydrogen-bond donors (Lipinski definition) is 1. The van der Waals surface area contributed by atoms with E-state index in [1.54, 1.807) is 0 Å². The molecule has 0 aromatic rings. The molecule has 0 bridgehead atoms. The molecule has 1 heterocycles. The van der Waals surface area contributed by atoms with Crippen LogP contribution in [0.4, 0.5) is 0 Å². The van der Waals surface area contributed by atoms with E-state index in [0.29, 0.717) is 6.04 Å². The van der Waals surface area contributed by atoms with Crippen molar-refractivity contribution >= 4 is 0 Å². The highest BCUT2D eigenvalue weighted by Gasteiger charge is 2.22. The van der Waals surface area contributed by atoms with E-state index in [4.69, 9.17) is 4.74 Å². The summed E-state index contributed by atoms with van der Waals surface area (Å²) in [5.41, 5.74) is 0. The van der Waals surface area contributed by atoms with Crippen molar-refractivity contribution in [3.8, 4) is 0 Å². The van der Waals surface area contributed by atoms with Crippen LogP contribution in [-0.2, 0) is 4.74 Å². The molecular formula is C15H32N2O. The van der Waals surface area contributed by atoms with E-state index < -0.39 is 0 Å². The summed E-state index contributed by atoms with van der Waals surface area (Å²) >= 11 is 0. The summed E-state index contributed by atoms with van der Waals surface area (Å²) in [4.78, 5) is 2.62. The van der Waals surface area contributed by atoms with Crippen molar-refractivity contribution in [3.63, 3.8) is 0 Å². The molecule has 1 saturated heterocycles.